The predicted molar refractivity (Wildman–Crippen MR) is 45.0 cm³/mol. The van der Waals surface area contributed by atoms with Crippen molar-refractivity contribution in [2.75, 3.05) is 0 Å². The van der Waals surface area contributed by atoms with Crippen LogP contribution in [0.2, 0.25) is 0 Å². The van der Waals surface area contributed by atoms with E-state index in [4.69, 9.17) is 0 Å². The number of benzene rings is 1. The van der Waals surface area contributed by atoms with Gasteiger partial charge in [-0.15, -0.1) is 12.4 Å². The van der Waals surface area contributed by atoms with Crippen LogP contribution in [0.15, 0.2) is 23.1 Å². The summed E-state index contributed by atoms with van der Waals surface area (Å²) >= 11 is 0. The van der Waals surface area contributed by atoms with E-state index in [0.717, 1.165) is 12.1 Å². The molecule has 0 heterocycles. The molecule has 3 nitrogen and oxygen atoms in total. The Bertz CT molecular complexity index is 407. The molecule has 0 fully saturated rings. The third kappa shape index (κ3) is 2.91. The zero-order valence-corrected chi connectivity index (χ0v) is 7.83. The Hall–Kier alpha value is -0.720. The number of halogens is 3. The molecule has 7 heteroatoms. The normalized spacial score (nSPS) is 10.7. The molecule has 1 aromatic rings. The lowest BCUT2D eigenvalue weighted by atomic mass is 10.3. The first-order valence-corrected chi connectivity index (χ1v) is 4.44. The van der Waals surface area contributed by atoms with Crippen molar-refractivity contribution in [1.82, 2.24) is 0 Å². The Morgan fingerprint density at radius 3 is 2.15 bits per heavy atom. The van der Waals surface area contributed by atoms with Crippen LogP contribution in [0.1, 0.15) is 0 Å². The van der Waals surface area contributed by atoms with Crippen LogP contribution in [0.3, 0.4) is 0 Å². The number of hydrogen-bond acceptors (Lipinski definition) is 2. The van der Waals surface area contributed by atoms with Gasteiger partial charge in [-0.2, -0.15) is 0 Å². The van der Waals surface area contributed by atoms with Crippen LogP contribution < -0.4 is 5.14 Å². The average molecular weight is 230 g/mol. The van der Waals surface area contributed by atoms with Crippen molar-refractivity contribution in [3.8, 4) is 0 Å². The first-order chi connectivity index (χ1) is 5.41. The molecule has 0 aromatic heterocycles. The highest BCUT2D eigenvalue weighted by molar-refractivity contribution is 7.89. The van der Waals surface area contributed by atoms with Crippen LogP contribution in [-0.4, -0.2) is 8.42 Å². The fourth-order valence-corrected chi connectivity index (χ4v) is 1.29. The van der Waals surface area contributed by atoms with E-state index in [1.54, 1.807) is 0 Å². The number of sulfonamides is 1. The largest absolute Gasteiger partial charge is 0.240 e. The maximum Gasteiger partial charge on any atom is 0.240 e. The Morgan fingerprint density at radius 1 is 1.23 bits per heavy atom. The minimum Gasteiger partial charge on any atom is -0.225 e. The summed E-state index contributed by atoms with van der Waals surface area (Å²) in [6.45, 7) is 0. The molecule has 0 radical (unpaired) electrons. The maximum absolute atomic E-state index is 12.6. The van der Waals surface area contributed by atoms with Gasteiger partial charge in [0.25, 0.3) is 0 Å². The second-order valence-corrected chi connectivity index (χ2v) is 3.65. The summed E-state index contributed by atoms with van der Waals surface area (Å²) in [7, 11) is -4.09. The molecular weight excluding hydrogens is 224 g/mol. The van der Waals surface area contributed by atoms with Gasteiger partial charge >= 0.3 is 0 Å². The van der Waals surface area contributed by atoms with Crippen molar-refractivity contribution in [3.63, 3.8) is 0 Å². The van der Waals surface area contributed by atoms with Crippen molar-refractivity contribution >= 4 is 22.4 Å². The van der Waals surface area contributed by atoms with E-state index in [-0.39, 0.29) is 12.4 Å². The van der Waals surface area contributed by atoms with E-state index in [1.165, 1.54) is 0 Å². The summed E-state index contributed by atoms with van der Waals surface area (Å²) in [4.78, 5) is -0.705. The molecule has 1 aromatic carbocycles. The van der Waals surface area contributed by atoms with Crippen LogP contribution in [0.5, 0.6) is 0 Å². The summed E-state index contributed by atoms with van der Waals surface area (Å²) in [5, 5.41) is 4.62. The van der Waals surface area contributed by atoms with E-state index < -0.39 is 26.6 Å². The second kappa shape index (κ2) is 3.99. The molecule has 0 aliphatic rings. The molecule has 0 aliphatic carbocycles. The molecule has 0 spiro atoms. The van der Waals surface area contributed by atoms with E-state index in [9.17, 15) is 17.2 Å². The highest BCUT2D eigenvalue weighted by Crippen LogP contribution is 2.13. The summed E-state index contributed by atoms with van der Waals surface area (Å²) < 4.78 is 46.1. The van der Waals surface area contributed by atoms with Crippen LogP contribution in [0, 0.1) is 11.6 Å². The van der Waals surface area contributed by atoms with Gasteiger partial charge in [-0.05, 0) is 12.1 Å². The molecule has 0 saturated carbocycles. The summed E-state index contributed by atoms with van der Waals surface area (Å²) in [5.41, 5.74) is 0. The molecular formula is C6H6ClF2NO2S. The lowest BCUT2D eigenvalue weighted by Crippen LogP contribution is -2.14. The Labute approximate surface area is 80.0 Å². The van der Waals surface area contributed by atoms with Gasteiger partial charge in [0.1, 0.15) is 16.5 Å². The third-order valence-corrected chi connectivity index (χ3v) is 2.14. The summed E-state index contributed by atoms with van der Waals surface area (Å²) in [5.74, 6) is -2.03. The van der Waals surface area contributed by atoms with E-state index >= 15 is 0 Å². The van der Waals surface area contributed by atoms with Gasteiger partial charge in [-0.3, -0.25) is 0 Å². The molecule has 13 heavy (non-hydrogen) atoms. The lowest BCUT2D eigenvalue weighted by molar-refractivity contribution is 0.549. The van der Waals surface area contributed by atoms with Gasteiger partial charge in [-0.1, -0.05) is 0 Å². The van der Waals surface area contributed by atoms with Crippen LogP contribution in [-0.2, 0) is 10.0 Å². The lowest BCUT2D eigenvalue weighted by Gasteiger charge is -1.98. The van der Waals surface area contributed by atoms with Gasteiger partial charge in [0.05, 0.1) is 0 Å². The minimum absolute atomic E-state index is 0. The van der Waals surface area contributed by atoms with Crippen LogP contribution >= 0.6 is 12.4 Å². The topological polar surface area (TPSA) is 60.2 Å². The Balaban J connectivity index is 0.00000144. The van der Waals surface area contributed by atoms with Crippen molar-refractivity contribution in [1.29, 1.82) is 0 Å². The Kier molecular flexibility index (Phi) is 3.77. The van der Waals surface area contributed by atoms with Crippen LogP contribution in [0.25, 0.3) is 0 Å². The Morgan fingerprint density at radius 2 is 1.77 bits per heavy atom. The standard InChI is InChI=1S/C6H5F2NO2S.ClH/c7-4-1-2-6(5(8)3-4)12(9,10)11;/h1-3H,(H2,9,10,11);1H. The van der Waals surface area contributed by atoms with Crippen LogP contribution in [0.4, 0.5) is 8.78 Å². The highest BCUT2D eigenvalue weighted by Gasteiger charge is 2.13. The molecule has 2 N–H and O–H groups in total. The quantitative estimate of drug-likeness (QED) is 0.782. The minimum atomic E-state index is -4.09. The second-order valence-electron chi connectivity index (χ2n) is 2.12. The van der Waals surface area contributed by atoms with E-state index in [2.05, 4.69) is 5.14 Å². The molecule has 0 unspecified atom stereocenters. The first kappa shape index (κ1) is 12.3. The monoisotopic (exact) mass is 229 g/mol. The number of nitrogens with two attached hydrogens (primary N) is 1. The number of rotatable bonds is 1. The van der Waals surface area contributed by atoms with Crippen molar-refractivity contribution in [2.24, 2.45) is 5.14 Å². The van der Waals surface area contributed by atoms with Crippen molar-refractivity contribution in [3.05, 3.63) is 29.8 Å². The molecule has 0 atom stereocenters. The zero-order valence-electron chi connectivity index (χ0n) is 6.20. The number of hydrogen-bond donors (Lipinski definition) is 1. The smallest absolute Gasteiger partial charge is 0.225 e. The average Bonchev–Trinajstić information content (AvgIpc) is 1.83. The fraction of sp³-hybridized carbons (Fsp3) is 0. The first-order valence-electron chi connectivity index (χ1n) is 2.89. The van der Waals surface area contributed by atoms with E-state index in [1.807, 2.05) is 0 Å². The predicted octanol–water partition coefficient (Wildman–Crippen LogP) is 1.03. The van der Waals surface area contributed by atoms with Gasteiger partial charge in [-0.25, -0.2) is 22.3 Å². The van der Waals surface area contributed by atoms with Gasteiger partial charge in [0.15, 0.2) is 0 Å². The SMILES string of the molecule is Cl.NS(=O)(=O)c1ccc(F)cc1F. The molecule has 0 amide bonds. The molecule has 0 saturated heterocycles. The summed E-state index contributed by atoms with van der Waals surface area (Å²) in [6, 6.07) is 2.06. The molecule has 0 bridgehead atoms. The van der Waals surface area contributed by atoms with Gasteiger partial charge in [0, 0.05) is 6.07 Å². The molecule has 74 valence electrons. The zero-order chi connectivity index (χ0) is 9.35. The van der Waals surface area contributed by atoms with Gasteiger partial charge in [0.2, 0.25) is 10.0 Å². The van der Waals surface area contributed by atoms with Gasteiger partial charge < -0.3 is 0 Å². The summed E-state index contributed by atoms with van der Waals surface area (Å²) in [6.07, 6.45) is 0. The highest BCUT2D eigenvalue weighted by atomic mass is 35.5. The van der Waals surface area contributed by atoms with Crippen molar-refractivity contribution in [2.45, 2.75) is 4.90 Å². The maximum atomic E-state index is 12.6. The fourth-order valence-electron chi connectivity index (χ4n) is 0.706. The third-order valence-electron chi connectivity index (χ3n) is 1.20. The molecule has 0 aliphatic heterocycles. The molecule has 1 rings (SSSR count). The number of primary sulfonamides is 1. The van der Waals surface area contributed by atoms with Crippen molar-refractivity contribution < 1.29 is 17.2 Å². The van der Waals surface area contributed by atoms with E-state index in [0.29, 0.717) is 6.07 Å².